The monoisotopic (exact) mass is 376 g/mol. The van der Waals surface area contributed by atoms with Crippen molar-refractivity contribution in [1.82, 2.24) is 0 Å². The molecule has 0 saturated heterocycles. The number of fused-ring (bicyclic) bond motifs is 1. The predicted molar refractivity (Wildman–Crippen MR) is 110 cm³/mol. The number of nitrogens with zero attached hydrogens (tertiary/aromatic N) is 1. The normalized spacial score (nSPS) is 43.3. The number of aliphatic hydroxyl groups is 1. The molecule has 4 atom stereocenters. The molecule has 1 heterocycles. The zero-order valence-corrected chi connectivity index (χ0v) is 17.2. The molecule has 4 rings (SSSR count). The molecule has 3 N–H and O–H groups in total. The van der Waals surface area contributed by atoms with Crippen LogP contribution in [0.5, 0.6) is 0 Å². The highest BCUT2D eigenvalue weighted by Crippen LogP contribution is 2.49. The fourth-order valence-electron chi connectivity index (χ4n) is 6.79. The van der Waals surface area contributed by atoms with Gasteiger partial charge >= 0.3 is 0 Å². The molecule has 27 heavy (non-hydrogen) atoms. The van der Waals surface area contributed by atoms with Gasteiger partial charge in [0.25, 0.3) is 0 Å². The summed E-state index contributed by atoms with van der Waals surface area (Å²) in [5, 5.41) is 11.7. The number of amidine groups is 1. The lowest BCUT2D eigenvalue weighted by atomic mass is 9.63. The fourth-order valence-corrected chi connectivity index (χ4v) is 6.79. The van der Waals surface area contributed by atoms with Crippen LogP contribution in [0.1, 0.15) is 89.9 Å². The fraction of sp³-hybridized carbons (Fsp3) is 0.957. The Kier molecular flexibility index (Phi) is 6.13. The van der Waals surface area contributed by atoms with Gasteiger partial charge in [0.05, 0.1) is 12.1 Å². The van der Waals surface area contributed by atoms with E-state index in [1.165, 1.54) is 64.2 Å². The van der Waals surface area contributed by atoms with Crippen LogP contribution in [0.15, 0.2) is 4.99 Å². The van der Waals surface area contributed by atoms with Gasteiger partial charge in [0.1, 0.15) is 11.4 Å². The summed E-state index contributed by atoms with van der Waals surface area (Å²) < 4.78 is 5.52. The minimum Gasteiger partial charge on any atom is -0.385 e. The number of methoxy groups -OCH3 is 1. The smallest absolute Gasteiger partial charge is 0.129 e. The molecule has 3 fully saturated rings. The van der Waals surface area contributed by atoms with E-state index in [1.807, 2.05) is 7.11 Å². The lowest BCUT2D eigenvalue weighted by molar-refractivity contribution is -0.0385. The summed E-state index contributed by atoms with van der Waals surface area (Å²) in [6.07, 6.45) is 17.9. The van der Waals surface area contributed by atoms with Crippen molar-refractivity contribution in [3.8, 4) is 0 Å². The molecule has 1 aliphatic heterocycles. The zero-order valence-electron chi connectivity index (χ0n) is 17.2. The van der Waals surface area contributed by atoms with Crippen LogP contribution in [0.2, 0.25) is 0 Å². The van der Waals surface area contributed by atoms with Crippen LogP contribution in [0.4, 0.5) is 0 Å². The summed E-state index contributed by atoms with van der Waals surface area (Å²) in [6, 6.07) is 0.283. The first-order valence-corrected chi connectivity index (χ1v) is 11.7. The number of aliphatic imine (C=N–C) groups is 1. The maximum atomic E-state index is 11.7. The largest absolute Gasteiger partial charge is 0.385 e. The van der Waals surface area contributed by atoms with E-state index < -0.39 is 5.60 Å². The number of rotatable bonds is 5. The van der Waals surface area contributed by atoms with Gasteiger partial charge in [0.15, 0.2) is 0 Å². The molecule has 4 heteroatoms. The average Bonchev–Trinajstić information content (AvgIpc) is 2.98. The second-order valence-electron chi connectivity index (χ2n) is 9.98. The highest BCUT2D eigenvalue weighted by Gasteiger charge is 2.55. The minimum absolute atomic E-state index is 0.281. The van der Waals surface area contributed by atoms with Crippen LogP contribution in [0.3, 0.4) is 0 Å². The number of hydrogen-bond acceptors (Lipinski definition) is 4. The SMILES string of the molecule is COC1CCC(CCC2CCC3N=C(N)C(O)(C4CCCCC4)C3C2)CC1. The maximum absolute atomic E-state index is 11.7. The molecule has 3 saturated carbocycles. The molecule has 0 aromatic carbocycles. The van der Waals surface area contributed by atoms with Crippen molar-refractivity contribution >= 4 is 5.84 Å². The minimum atomic E-state index is -0.805. The summed E-state index contributed by atoms with van der Waals surface area (Å²) in [4.78, 5) is 4.77. The van der Waals surface area contributed by atoms with Gasteiger partial charge < -0.3 is 15.6 Å². The quantitative estimate of drug-likeness (QED) is 0.745. The van der Waals surface area contributed by atoms with E-state index in [-0.39, 0.29) is 12.0 Å². The predicted octanol–water partition coefficient (Wildman–Crippen LogP) is 4.44. The Morgan fingerprint density at radius 2 is 1.63 bits per heavy atom. The van der Waals surface area contributed by atoms with E-state index in [2.05, 4.69) is 0 Å². The standard InChI is InChI=1S/C23H40N2O2/c1-27-19-12-9-16(10-13-19)7-8-17-11-14-21-20(15-17)23(26,22(24)25-21)18-5-3-2-4-6-18/h16-21,26H,2-15H2,1H3,(H2,24,25). The van der Waals surface area contributed by atoms with Crippen LogP contribution in [0, 0.1) is 23.7 Å². The van der Waals surface area contributed by atoms with E-state index in [9.17, 15) is 5.11 Å². The Morgan fingerprint density at radius 3 is 2.33 bits per heavy atom. The van der Waals surface area contributed by atoms with Crippen molar-refractivity contribution in [2.75, 3.05) is 7.11 Å². The molecular weight excluding hydrogens is 336 g/mol. The molecule has 0 aromatic heterocycles. The van der Waals surface area contributed by atoms with Gasteiger partial charge in [0, 0.05) is 13.0 Å². The third-order valence-electron chi connectivity index (χ3n) is 8.54. The lowest BCUT2D eigenvalue weighted by Gasteiger charge is -2.44. The topological polar surface area (TPSA) is 67.8 Å². The molecular formula is C23H40N2O2. The third kappa shape index (κ3) is 3.94. The van der Waals surface area contributed by atoms with Crippen LogP contribution >= 0.6 is 0 Å². The molecule has 154 valence electrons. The van der Waals surface area contributed by atoms with E-state index >= 15 is 0 Å². The molecule has 0 aromatic rings. The summed E-state index contributed by atoms with van der Waals surface area (Å²) in [6.45, 7) is 0. The van der Waals surface area contributed by atoms with Crippen molar-refractivity contribution < 1.29 is 9.84 Å². The number of hydrogen-bond donors (Lipinski definition) is 2. The second kappa shape index (κ2) is 8.41. The first kappa shape index (κ1) is 19.7. The third-order valence-corrected chi connectivity index (χ3v) is 8.54. The summed E-state index contributed by atoms with van der Waals surface area (Å²) in [7, 11) is 1.85. The Morgan fingerprint density at radius 1 is 0.963 bits per heavy atom. The first-order chi connectivity index (χ1) is 13.1. The van der Waals surface area contributed by atoms with Gasteiger partial charge in [-0.1, -0.05) is 32.1 Å². The van der Waals surface area contributed by atoms with E-state index in [0.29, 0.717) is 17.9 Å². The van der Waals surface area contributed by atoms with E-state index in [0.717, 1.165) is 37.5 Å². The van der Waals surface area contributed by atoms with Crippen molar-refractivity contribution in [1.29, 1.82) is 0 Å². The molecule has 4 nitrogen and oxygen atoms in total. The Bertz CT molecular complexity index is 522. The summed E-state index contributed by atoms with van der Waals surface area (Å²) in [5.74, 6) is 2.83. The van der Waals surface area contributed by atoms with Crippen LogP contribution in [0.25, 0.3) is 0 Å². The van der Waals surface area contributed by atoms with Gasteiger partial charge in [-0.3, -0.25) is 4.99 Å². The first-order valence-electron chi connectivity index (χ1n) is 11.7. The molecule has 0 bridgehead atoms. The highest BCUT2D eigenvalue weighted by atomic mass is 16.5. The van der Waals surface area contributed by atoms with Crippen molar-refractivity contribution in [2.24, 2.45) is 34.4 Å². The molecule has 4 unspecified atom stereocenters. The van der Waals surface area contributed by atoms with Gasteiger partial charge in [0.2, 0.25) is 0 Å². The Balaban J connectivity index is 1.33. The van der Waals surface area contributed by atoms with E-state index in [4.69, 9.17) is 15.5 Å². The lowest BCUT2D eigenvalue weighted by Crippen LogP contribution is -2.55. The van der Waals surface area contributed by atoms with E-state index in [1.54, 1.807) is 0 Å². The Hall–Kier alpha value is -0.610. The maximum Gasteiger partial charge on any atom is 0.129 e. The van der Waals surface area contributed by atoms with Crippen molar-refractivity contribution in [2.45, 2.75) is 108 Å². The highest BCUT2D eigenvalue weighted by molar-refractivity contribution is 5.91. The molecule has 3 aliphatic carbocycles. The number of ether oxygens (including phenoxy) is 1. The van der Waals surface area contributed by atoms with Gasteiger partial charge in [-0.05, 0) is 75.5 Å². The van der Waals surface area contributed by atoms with Crippen LogP contribution in [-0.2, 0) is 4.74 Å². The van der Waals surface area contributed by atoms with Gasteiger partial charge in [-0.2, -0.15) is 0 Å². The molecule has 0 radical (unpaired) electrons. The molecule has 0 amide bonds. The molecule has 4 aliphatic rings. The average molecular weight is 377 g/mol. The summed E-state index contributed by atoms with van der Waals surface area (Å²) in [5.41, 5.74) is 5.55. The summed E-state index contributed by atoms with van der Waals surface area (Å²) >= 11 is 0. The van der Waals surface area contributed by atoms with Crippen molar-refractivity contribution in [3.63, 3.8) is 0 Å². The number of nitrogens with two attached hydrogens (primary N) is 1. The molecule has 0 spiro atoms. The zero-order chi connectivity index (χ0) is 18.9. The van der Waals surface area contributed by atoms with Crippen molar-refractivity contribution in [3.05, 3.63) is 0 Å². The van der Waals surface area contributed by atoms with Crippen LogP contribution in [-0.4, -0.2) is 35.8 Å². The van der Waals surface area contributed by atoms with Crippen LogP contribution < -0.4 is 5.73 Å². The Labute approximate surface area is 165 Å². The second-order valence-corrected chi connectivity index (χ2v) is 9.98. The van der Waals surface area contributed by atoms with Gasteiger partial charge in [-0.25, -0.2) is 0 Å². The van der Waals surface area contributed by atoms with Gasteiger partial charge in [-0.15, -0.1) is 0 Å².